The SMILES string of the molecule is COc1cc(C(=O)c2oc3c(OC)cccc3c2C)cc(OC)c1OC. The van der Waals surface area contributed by atoms with Gasteiger partial charge in [-0.05, 0) is 25.1 Å². The molecule has 0 aliphatic heterocycles. The second-order valence-corrected chi connectivity index (χ2v) is 5.64. The normalized spacial score (nSPS) is 10.7. The summed E-state index contributed by atoms with van der Waals surface area (Å²) in [5.41, 5.74) is 1.67. The summed E-state index contributed by atoms with van der Waals surface area (Å²) < 4.78 is 27.1. The number of aryl methyl sites for hydroxylation is 1. The first-order valence-electron chi connectivity index (χ1n) is 7.96. The average Bonchev–Trinajstić information content (AvgIpc) is 3.02. The third-order valence-electron chi connectivity index (χ3n) is 4.28. The molecular weight excluding hydrogens is 336 g/mol. The average molecular weight is 356 g/mol. The molecule has 136 valence electrons. The highest BCUT2D eigenvalue weighted by atomic mass is 16.5. The van der Waals surface area contributed by atoms with E-state index in [1.54, 1.807) is 25.3 Å². The van der Waals surface area contributed by atoms with E-state index < -0.39 is 0 Å². The van der Waals surface area contributed by atoms with Crippen LogP contribution in [0, 0.1) is 6.92 Å². The first-order chi connectivity index (χ1) is 12.5. The number of para-hydroxylation sites is 1. The lowest BCUT2D eigenvalue weighted by Crippen LogP contribution is -2.04. The smallest absolute Gasteiger partial charge is 0.228 e. The van der Waals surface area contributed by atoms with Crippen molar-refractivity contribution >= 4 is 16.8 Å². The van der Waals surface area contributed by atoms with Gasteiger partial charge in [-0.2, -0.15) is 0 Å². The quantitative estimate of drug-likeness (QED) is 0.622. The highest BCUT2D eigenvalue weighted by Crippen LogP contribution is 2.40. The standard InChI is InChI=1S/C20H20O6/c1-11-13-7-6-8-14(22-2)19(13)26-18(11)17(21)12-9-15(23-3)20(25-5)16(10-12)24-4/h6-10H,1-5H3. The molecule has 0 unspecified atom stereocenters. The summed E-state index contributed by atoms with van der Waals surface area (Å²) in [6.07, 6.45) is 0. The highest BCUT2D eigenvalue weighted by Gasteiger charge is 2.24. The van der Waals surface area contributed by atoms with Crippen molar-refractivity contribution in [3.05, 3.63) is 47.2 Å². The van der Waals surface area contributed by atoms with Gasteiger partial charge in [0.2, 0.25) is 11.5 Å². The van der Waals surface area contributed by atoms with Gasteiger partial charge < -0.3 is 23.4 Å². The van der Waals surface area contributed by atoms with Crippen LogP contribution in [0.3, 0.4) is 0 Å². The van der Waals surface area contributed by atoms with Crippen molar-refractivity contribution in [3.8, 4) is 23.0 Å². The number of ether oxygens (including phenoxy) is 4. The maximum Gasteiger partial charge on any atom is 0.228 e. The van der Waals surface area contributed by atoms with E-state index in [2.05, 4.69) is 0 Å². The van der Waals surface area contributed by atoms with Crippen LogP contribution >= 0.6 is 0 Å². The van der Waals surface area contributed by atoms with E-state index >= 15 is 0 Å². The lowest BCUT2D eigenvalue weighted by atomic mass is 10.0. The van der Waals surface area contributed by atoms with Crippen LogP contribution in [0.2, 0.25) is 0 Å². The van der Waals surface area contributed by atoms with Gasteiger partial charge in [0.05, 0.1) is 28.4 Å². The van der Waals surface area contributed by atoms with Gasteiger partial charge in [-0.3, -0.25) is 4.79 Å². The Morgan fingerprint density at radius 2 is 1.50 bits per heavy atom. The Kier molecular flexibility index (Phi) is 4.75. The number of rotatable bonds is 6. The molecule has 1 heterocycles. The molecule has 6 heteroatoms. The maximum atomic E-state index is 13.1. The number of benzene rings is 2. The van der Waals surface area contributed by atoms with Gasteiger partial charge in [-0.25, -0.2) is 0 Å². The molecule has 0 saturated heterocycles. The molecule has 0 fully saturated rings. The van der Waals surface area contributed by atoms with E-state index in [1.165, 1.54) is 21.3 Å². The Bertz CT molecular complexity index is 945. The van der Waals surface area contributed by atoms with Crippen LogP contribution in [0.25, 0.3) is 11.0 Å². The predicted molar refractivity (Wildman–Crippen MR) is 97.0 cm³/mol. The van der Waals surface area contributed by atoms with Gasteiger partial charge in [0.1, 0.15) is 0 Å². The molecule has 2 aromatic carbocycles. The molecule has 0 N–H and O–H groups in total. The summed E-state index contributed by atoms with van der Waals surface area (Å²) in [6, 6.07) is 8.75. The van der Waals surface area contributed by atoms with Gasteiger partial charge in [-0.1, -0.05) is 12.1 Å². The molecule has 3 rings (SSSR count). The fourth-order valence-corrected chi connectivity index (χ4v) is 2.94. The van der Waals surface area contributed by atoms with Crippen molar-refractivity contribution < 1.29 is 28.2 Å². The molecule has 0 spiro atoms. The molecule has 0 atom stereocenters. The van der Waals surface area contributed by atoms with Gasteiger partial charge in [0.25, 0.3) is 0 Å². The van der Waals surface area contributed by atoms with Crippen molar-refractivity contribution in [2.45, 2.75) is 6.92 Å². The van der Waals surface area contributed by atoms with E-state index in [0.717, 1.165) is 10.9 Å². The molecule has 0 radical (unpaired) electrons. The van der Waals surface area contributed by atoms with Gasteiger partial charge >= 0.3 is 0 Å². The molecule has 3 aromatic rings. The van der Waals surface area contributed by atoms with Crippen LogP contribution in [-0.4, -0.2) is 34.2 Å². The third kappa shape index (κ3) is 2.73. The molecule has 6 nitrogen and oxygen atoms in total. The second-order valence-electron chi connectivity index (χ2n) is 5.64. The number of ketones is 1. The summed E-state index contributed by atoms with van der Waals surface area (Å²) in [5, 5.41) is 0.833. The first-order valence-corrected chi connectivity index (χ1v) is 7.96. The minimum absolute atomic E-state index is 0.249. The van der Waals surface area contributed by atoms with Crippen LogP contribution in [0.4, 0.5) is 0 Å². The second kappa shape index (κ2) is 7.00. The van der Waals surface area contributed by atoms with Crippen LogP contribution in [-0.2, 0) is 0 Å². The Hall–Kier alpha value is -3.15. The maximum absolute atomic E-state index is 13.1. The number of furan rings is 1. The van der Waals surface area contributed by atoms with Crippen LogP contribution < -0.4 is 18.9 Å². The largest absolute Gasteiger partial charge is 0.493 e. The molecule has 0 amide bonds. The molecule has 0 saturated carbocycles. The topological polar surface area (TPSA) is 67.1 Å². The van der Waals surface area contributed by atoms with Crippen LogP contribution in [0.5, 0.6) is 23.0 Å². The molecule has 26 heavy (non-hydrogen) atoms. The lowest BCUT2D eigenvalue weighted by molar-refractivity contribution is 0.101. The van der Waals surface area contributed by atoms with Gasteiger partial charge in [-0.15, -0.1) is 0 Å². The number of methoxy groups -OCH3 is 4. The summed E-state index contributed by atoms with van der Waals surface area (Å²) >= 11 is 0. The molecule has 0 aliphatic carbocycles. The van der Waals surface area contributed by atoms with Crippen molar-refractivity contribution in [1.29, 1.82) is 0 Å². The number of carbonyl (C=O) groups excluding carboxylic acids is 1. The molecule has 0 bridgehead atoms. The third-order valence-corrected chi connectivity index (χ3v) is 4.28. The lowest BCUT2D eigenvalue weighted by Gasteiger charge is -2.13. The predicted octanol–water partition coefficient (Wildman–Crippen LogP) is 4.01. The van der Waals surface area contributed by atoms with Crippen molar-refractivity contribution in [3.63, 3.8) is 0 Å². The summed E-state index contributed by atoms with van der Waals surface area (Å²) in [6.45, 7) is 1.84. The van der Waals surface area contributed by atoms with E-state index in [1.807, 2.05) is 19.1 Å². The monoisotopic (exact) mass is 356 g/mol. The zero-order valence-corrected chi connectivity index (χ0v) is 15.3. The van der Waals surface area contributed by atoms with Crippen LogP contribution in [0.15, 0.2) is 34.7 Å². The highest BCUT2D eigenvalue weighted by molar-refractivity contribution is 6.11. The first kappa shape index (κ1) is 17.7. The summed E-state index contributed by atoms with van der Waals surface area (Å²) in [5.74, 6) is 1.78. The molecule has 1 aromatic heterocycles. The zero-order valence-electron chi connectivity index (χ0n) is 15.3. The van der Waals surface area contributed by atoms with Crippen molar-refractivity contribution in [2.24, 2.45) is 0 Å². The van der Waals surface area contributed by atoms with E-state index in [0.29, 0.717) is 34.1 Å². The fourth-order valence-electron chi connectivity index (χ4n) is 2.94. The van der Waals surface area contributed by atoms with E-state index in [-0.39, 0.29) is 11.5 Å². The Morgan fingerprint density at radius 3 is 2.04 bits per heavy atom. The Balaban J connectivity index is 2.16. The molecular formula is C20H20O6. The van der Waals surface area contributed by atoms with Gasteiger partial charge in [0.15, 0.2) is 28.6 Å². The van der Waals surface area contributed by atoms with Crippen LogP contribution in [0.1, 0.15) is 21.7 Å². The Labute approximate surface area is 151 Å². The summed E-state index contributed by atoms with van der Waals surface area (Å²) in [4.78, 5) is 13.1. The van der Waals surface area contributed by atoms with Gasteiger partial charge in [0, 0.05) is 16.5 Å². The number of carbonyl (C=O) groups is 1. The number of hydrogen-bond donors (Lipinski definition) is 0. The minimum atomic E-state index is -0.278. The van der Waals surface area contributed by atoms with Crippen molar-refractivity contribution in [1.82, 2.24) is 0 Å². The summed E-state index contributed by atoms with van der Waals surface area (Å²) in [7, 11) is 6.08. The number of hydrogen-bond acceptors (Lipinski definition) is 6. The fraction of sp³-hybridized carbons (Fsp3) is 0.250. The zero-order chi connectivity index (χ0) is 18.8. The Morgan fingerprint density at radius 1 is 0.885 bits per heavy atom. The van der Waals surface area contributed by atoms with E-state index in [4.69, 9.17) is 23.4 Å². The molecule has 0 aliphatic rings. The minimum Gasteiger partial charge on any atom is -0.493 e. The number of fused-ring (bicyclic) bond motifs is 1. The van der Waals surface area contributed by atoms with E-state index in [9.17, 15) is 4.79 Å². The van der Waals surface area contributed by atoms with Crippen molar-refractivity contribution in [2.75, 3.05) is 28.4 Å².